The van der Waals surface area contributed by atoms with Gasteiger partial charge in [-0.25, -0.2) is 0 Å². The highest BCUT2D eigenvalue weighted by molar-refractivity contribution is 5.99. The molecule has 0 aliphatic heterocycles. The summed E-state index contributed by atoms with van der Waals surface area (Å²) >= 11 is 0. The number of rotatable bonds is 4. The zero-order chi connectivity index (χ0) is 10.5. The van der Waals surface area contributed by atoms with Gasteiger partial charge in [-0.3, -0.25) is 4.79 Å². The number of Topliss-reactive ketones (excluding diaryl/α,β-unsaturated/α-hetero) is 1. The fourth-order valence-corrected chi connectivity index (χ4v) is 1.01. The summed E-state index contributed by atoms with van der Waals surface area (Å²) in [4.78, 5) is 10.8. The van der Waals surface area contributed by atoms with Crippen molar-refractivity contribution in [2.75, 3.05) is 0 Å². The number of alkyl halides is 3. The molecule has 0 radical (unpaired) electrons. The maximum absolute atomic E-state index is 12.0. The highest BCUT2D eigenvalue weighted by Crippen LogP contribution is 2.23. The zero-order valence-corrected chi connectivity index (χ0v) is 7.74. The Labute approximate surface area is 75.6 Å². The van der Waals surface area contributed by atoms with Crippen molar-refractivity contribution in [3.63, 3.8) is 0 Å². The third-order valence-electron chi connectivity index (χ3n) is 1.52. The van der Waals surface area contributed by atoms with E-state index in [0.717, 1.165) is 0 Å². The Morgan fingerprint density at radius 2 is 1.85 bits per heavy atom. The molecule has 0 N–H and O–H groups in total. The molecule has 0 rings (SSSR count). The van der Waals surface area contributed by atoms with Crippen LogP contribution in [0.25, 0.3) is 0 Å². The predicted octanol–water partition coefficient (Wildman–Crippen LogP) is 3.25. The molecular weight excluding hydrogens is 181 g/mol. The minimum absolute atomic E-state index is 0.113. The Bertz CT molecular complexity index is 203. The molecule has 0 aliphatic rings. The van der Waals surface area contributed by atoms with Crippen molar-refractivity contribution in [1.82, 2.24) is 0 Å². The summed E-state index contributed by atoms with van der Waals surface area (Å²) in [5.41, 5.74) is -0.113. The maximum atomic E-state index is 12.0. The molecule has 4 heteroatoms. The normalized spacial score (nSPS) is 13.2. The summed E-state index contributed by atoms with van der Waals surface area (Å²) in [7, 11) is 0. The molecule has 0 unspecified atom stereocenters. The topological polar surface area (TPSA) is 17.1 Å². The Morgan fingerprint density at radius 1 is 1.31 bits per heavy atom. The van der Waals surface area contributed by atoms with Crippen molar-refractivity contribution in [2.24, 2.45) is 0 Å². The van der Waals surface area contributed by atoms with Gasteiger partial charge in [0.15, 0.2) is 0 Å². The van der Waals surface area contributed by atoms with Crippen LogP contribution in [0.4, 0.5) is 13.2 Å². The number of ketones is 1. The van der Waals surface area contributed by atoms with Gasteiger partial charge in [-0.2, -0.15) is 13.2 Å². The van der Waals surface area contributed by atoms with E-state index in [1.54, 1.807) is 13.8 Å². The summed E-state index contributed by atoms with van der Waals surface area (Å²) in [5.74, 6) is -1.70. The van der Waals surface area contributed by atoms with Crippen LogP contribution in [0.1, 0.15) is 33.1 Å². The molecule has 0 saturated heterocycles. The van der Waals surface area contributed by atoms with Crippen LogP contribution in [0.2, 0.25) is 0 Å². The molecule has 0 saturated carbocycles. The Kier molecular flexibility index (Phi) is 4.73. The predicted molar refractivity (Wildman–Crippen MR) is 44.3 cm³/mol. The Balaban J connectivity index is 4.57. The average Bonchev–Trinajstić information content (AvgIpc) is 2.01. The van der Waals surface area contributed by atoms with Crippen LogP contribution in [0.15, 0.2) is 11.6 Å². The van der Waals surface area contributed by atoms with Crippen LogP contribution in [0.3, 0.4) is 0 Å². The van der Waals surface area contributed by atoms with Crippen molar-refractivity contribution in [3.8, 4) is 0 Å². The summed E-state index contributed by atoms with van der Waals surface area (Å²) in [6, 6.07) is 0. The summed E-state index contributed by atoms with van der Waals surface area (Å²) in [6.45, 7) is 3.45. The van der Waals surface area contributed by atoms with E-state index in [1.807, 2.05) is 0 Å². The molecule has 0 aromatic rings. The van der Waals surface area contributed by atoms with Crippen molar-refractivity contribution < 1.29 is 18.0 Å². The van der Waals surface area contributed by atoms with Gasteiger partial charge in [-0.15, -0.1) is 0 Å². The van der Waals surface area contributed by atoms with E-state index < -0.39 is 12.0 Å². The lowest BCUT2D eigenvalue weighted by Crippen LogP contribution is -2.24. The number of carbonyl (C=O) groups is 1. The first kappa shape index (κ1) is 12.2. The molecule has 76 valence electrons. The van der Waals surface area contributed by atoms with Gasteiger partial charge >= 0.3 is 6.18 Å². The van der Waals surface area contributed by atoms with Gasteiger partial charge in [0.25, 0.3) is 5.78 Å². The first-order chi connectivity index (χ1) is 5.93. The highest BCUT2D eigenvalue weighted by Gasteiger charge is 2.39. The second kappa shape index (κ2) is 5.04. The van der Waals surface area contributed by atoms with E-state index >= 15 is 0 Å². The lowest BCUT2D eigenvalue weighted by Gasteiger charge is -2.07. The molecular formula is C9H13F3O. The molecule has 0 fully saturated rings. The number of hydrogen-bond donors (Lipinski definition) is 0. The van der Waals surface area contributed by atoms with Gasteiger partial charge in [0.1, 0.15) is 0 Å². The number of carbonyl (C=O) groups excluding carboxylic acids is 1. The lowest BCUT2D eigenvalue weighted by atomic mass is 10.0. The highest BCUT2D eigenvalue weighted by atomic mass is 19.4. The van der Waals surface area contributed by atoms with Crippen LogP contribution < -0.4 is 0 Å². The smallest absolute Gasteiger partial charge is 0.284 e. The zero-order valence-electron chi connectivity index (χ0n) is 7.74. The first-order valence-electron chi connectivity index (χ1n) is 4.24. The third-order valence-corrected chi connectivity index (χ3v) is 1.52. The van der Waals surface area contributed by atoms with E-state index in [0.29, 0.717) is 12.8 Å². The Hall–Kier alpha value is -0.800. The average molecular weight is 194 g/mol. The molecule has 0 aliphatic carbocycles. The van der Waals surface area contributed by atoms with E-state index in [4.69, 9.17) is 0 Å². The van der Waals surface area contributed by atoms with Gasteiger partial charge in [-0.1, -0.05) is 26.3 Å². The van der Waals surface area contributed by atoms with Crippen LogP contribution in [-0.4, -0.2) is 12.0 Å². The van der Waals surface area contributed by atoms with Gasteiger partial charge in [0.2, 0.25) is 0 Å². The van der Waals surface area contributed by atoms with E-state index in [-0.39, 0.29) is 12.0 Å². The fraction of sp³-hybridized carbons (Fsp3) is 0.667. The first-order valence-corrected chi connectivity index (χ1v) is 4.24. The molecule has 0 heterocycles. The van der Waals surface area contributed by atoms with Crippen LogP contribution in [-0.2, 0) is 4.79 Å². The van der Waals surface area contributed by atoms with Crippen molar-refractivity contribution >= 4 is 5.78 Å². The van der Waals surface area contributed by atoms with Crippen LogP contribution in [0.5, 0.6) is 0 Å². The maximum Gasteiger partial charge on any atom is 0.454 e. The molecule has 0 spiro atoms. The summed E-state index contributed by atoms with van der Waals surface area (Å²) < 4.78 is 35.9. The van der Waals surface area contributed by atoms with E-state index in [2.05, 4.69) is 0 Å². The molecule has 0 atom stereocenters. The lowest BCUT2D eigenvalue weighted by molar-refractivity contribution is -0.166. The minimum atomic E-state index is -4.73. The van der Waals surface area contributed by atoms with Crippen LogP contribution in [0, 0.1) is 0 Å². The van der Waals surface area contributed by atoms with Crippen molar-refractivity contribution in [1.29, 1.82) is 0 Å². The van der Waals surface area contributed by atoms with Gasteiger partial charge in [0, 0.05) is 5.57 Å². The quantitative estimate of drug-likeness (QED) is 0.628. The molecule has 0 amide bonds. The monoisotopic (exact) mass is 194 g/mol. The van der Waals surface area contributed by atoms with Crippen molar-refractivity contribution in [3.05, 3.63) is 11.6 Å². The van der Waals surface area contributed by atoms with E-state index in [1.165, 1.54) is 6.08 Å². The number of allylic oxidation sites excluding steroid dienone is 2. The fourth-order valence-electron chi connectivity index (χ4n) is 1.01. The van der Waals surface area contributed by atoms with Gasteiger partial charge < -0.3 is 0 Å². The molecule has 0 aromatic carbocycles. The minimum Gasteiger partial charge on any atom is -0.284 e. The van der Waals surface area contributed by atoms with Crippen molar-refractivity contribution in [2.45, 2.75) is 39.3 Å². The summed E-state index contributed by atoms with van der Waals surface area (Å²) in [6.07, 6.45) is -2.17. The Morgan fingerprint density at radius 3 is 2.15 bits per heavy atom. The second-order valence-electron chi connectivity index (χ2n) is 2.71. The standard InChI is InChI=1S/C9H13F3O/c1-3-5-7(6-4-2)8(13)9(10,11)12/h5H,3-4,6H2,1-2H3/b7-5-. The molecule has 1 nitrogen and oxygen atoms in total. The number of halogens is 3. The van der Waals surface area contributed by atoms with Gasteiger partial charge in [-0.05, 0) is 12.8 Å². The molecule has 13 heavy (non-hydrogen) atoms. The summed E-state index contributed by atoms with van der Waals surface area (Å²) in [5, 5.41) is 0. The van der Waals surface area contributed by atoms with Crippen LogP contribution >= 0.6 is 0 Å². The second-order valence-corrected chi connectivity index (χ2v) is 2.71. The third kappa shape index (κ3) is 4.10. The molecule has 0 aromatic heterocycles. The molecule has 0 bridgehead atoms. The van der Waals surface area contributed by atoms with Gasteiger partial charge in [0.05, 0.1) is 0 Å². The largest absolute Gasteiger partial charge is 0.454 e. The number of hydrogen-bond acceptors (Lipinski definition) is 1. The SMILES string of the molecule is CC/C=C(/CCC)C(=O)C(F)(F)F. The van der Waals surface area contributed by atoms with E-state index in [9.17, 15) is 18.0 Å².